The molecule has 0 aliphatic carbocycles. The minimum atomic E-state index is -0.542. The second-order valence-corrected chi connectivity index (χ2v) is 6.38. The largest absolute Gasteiger partial charge is 0.440 e. The molecule has 0 saturated carbocycles. The van der Waals surface area contributed by atoms with Crippen LogP contribution in [0.1, 0.15) is 32.0 Å². The van der Waals surface area contributed by atoms with E-state index in [-0.39, 0.29) is 6.09 Å². The fraction of sp³-hybridized carbons (Fsp3) is 0.438. The zero-order valence-electron chi connectivity index (χ0n) is 12.0. The first kappa shape index (κ1) is 11.8. The molecule has 1 N–H and O–H groups in total. The van der Waals surface area contributed by atoms with E-state index in [0.29, 0.717) is 6.54 Å². The molecular weight excluding hydrogens is 252 g/mol. The number of rotatable bonds is 0. The van der Waals surface area contributed by atoms with E-state index in [0.717, 1.165) is 17.6 Å². The van der Waals surface area contributed by atoms with Gasteiger partial charge >= 0.3 is 6.09 Å². The number of para-hydroxylation sites is 1. The minimum Gasteiger partial charge on any atom is -0.440 e. The number of hydrogen-bond donors (Lipinski definition) is 1. The van der Waals surface area contributed by atoms with Crippen LogP contribution in [0.2, 0.25) is 0 Å². The number of amides is 1. The molecule has 2 aliphatic rings. The molecule has 1 saturated heterocycles. The lowest BCUT2D eigenvalue weighted by atomic mass is 9.76. The van der Waals surface area contributed by atoms with E-state index in [1.807, 2.05) is 24.8 Å². The van der Waals surface area contributed by atoms with Crippen molar-refractivity contribution in [2.75, 3.05) is 6.54 Å². The van der Waals surface area contributed by atoms with Crippen LogP contribution in [0.5, 0.6) is 0 Å². The summed E-state index contributed by atoms with van der Waals surface area (Å²) in [6.45, 7) is 6.80. The minimum absolute atomic E-state index is 0.207. The second kappa shape index (κ2) is 3.37. The summed E-state index contributed by atoms with van der Waals surface area (Å²) in [5, 5.41) is 1.26. The molecule has 0 radical (unpaired) electrons. The topological polar surface area (TPSA) is 45.3 Å². The average molecular weight is 270 g/mol. The van der Waals surface area contributed by atoms with Crippen molar-refractivity contribution in [3.8, 4) is 0 Å². The highest BCUT2D eigenvalue weighted by Gasteiger charge is 2.61. The van der Waals surface area contributed by atoms with Gasteiger partial charge in [0, 0.05) is 23.1 Å². The van der Waals surface area contributed by atoms with Gasteiger partial charge in [0.1, 0.15) is 11.1 Å². The predicted octanol–water partition coefficient (Wildman–Crippen LogP) is 3.17. The van der Waals surface area contributed by atoms with Gasteiger partial charge in [-0.05, 0) is 38.8 Å². The molecular formula is C16H18N2O2. The van der Waals surface area contributed by atoms with Crippen molar-refractivity contribution in [3.63, 3.8) is 0 Å². The lowest BCUT2D eigenvalue weighted by molar-refractivity contribution is 0.0172. The SMILES string of the molecule is CC1(C)OC(=O)N2CCc3c([nH]c4ccccc34)[C@@]21C. The fourth-order valence-electron chi connectivity index (χ4n) is 3.73. The lowest BCUT2D eigenvalue weighted by Crippen LogP contribution is -2.54. The van der Waals surface area contributed by atoms with Gasteiger partial charge in [0.25, 0.3) is 0 Å². The molecule has 1 atom stereocenters. The van der Waals surface area contributed by atoms with Crippen molar-refractivity contribution in [2.24, 2.45) is 0 Å². The van der Waals surface area contributed by atoms with Crippen LogP contribution >= 0.6 is 0 Å². The maximum atomic E-state index is 12.1. The molecule has 1 fully saturated rings. The lowest BCUT2D eigenvalue weighted by Gasteiger charge is -2.43. The third kappa shape index (κ3) is 1.15. The first-order valence-electron chi connectivity index (χ1n) is 7.06. The smallest absolute Gasteiger partial charge is 0.411 e. The van der Waals surface area contributed by atoms with Gasteiger partial charge in [-0.1, -0.05) is 18.2 Å². The number of fused-ring (bicyclic) bond motifs is 5. The summed E-state index contributed by atoms with van der Waals surface area (Å²) >= 11 is 0. The van der Waals surface area contributed by atoms with Crippen molar-refractivity contribution >= 4 is 17.0 Å². The van der Waals surface area contributed by atoms with Gasteiger partial charge in [-0.3, -0.25) is 4.90 Å². The number of ether oxygens (including phenoxy) is 1. The number of hydrogen-bond acceptors (Lipinski definition) is 2. The molecule has 4 heteroatoms. The molecule has 4 nitrogen and oxygen atoms in total. The Morgan fingerprint density at radius 3 is 2.80 bits per heavy atom. The highest BCUT2D eigenvalue weighted by atomic mass is 16.6. The van der Waals surface area contributed by atoms with Crippen LogP contribution in [0.25, 0.3) is 10.9 Å². The maximum Gasteiger partial charge on any atom is 0.411 e. The van der Waals surface area contributed by atoms with Crippen LogP contribution in [0, 0.1) is 0 Å². The Labute approximate surface area is 117 Å². The van der Waals surface area contributed by atoms with Crippen LogP contribution in [-0.4, -0.2) is 28.1 Å². The summed E-state index contributed by atoms with van der Waals surface area (Å²) in [6.07, 6.45) is 0.668. The summed E-state index contributed by atoms with van der Waals surface area (Å²) in [6, 6.07) is 8.33. The average Bonchev–Trinajstić information content (AvgIpc) is 2.85. The molecule has 0 spiro atoms. The number of aromatic nitrogens is 1. The summed E-state index contributed by atoms with van der Waals surface area (Å²) in [7, 11) is 0. The zero-order chi connectivity index (χ0) is 14.1. The van der Waals surface area contributed by atoms with Crippen LogP contribution < -0.4 is 0 Å². The molecule has 0 bridgehead atoms. The van der Waals surface area contributed by atoms with E-state index >= 15 is 0 Å². The van der Waals surface area contributed by atoms with Crippen LogP contribution in [0.15, 0.2) is 24.3 Å². The Morgan fingerprint density at radius 1 is 1.25 bits per heavy atom. The molecule has 2 aliphatic heterocycles. The third-order valence-electron chi connectivity index (χ3n) is 5.16. The first-order chi connectivity index (χ1) is 9.45. The van der Waals surface area contributed by atoms with Crippen molar-refractivity contribution in [2.45, 2.75) is 38.3 Å². The molecule has 0 unspecified atom stereocenters. The monoisotopic (exact) mass is 270 g/mol. The Hall–Kier alpha value is -1.97. The van der Waals surface area contributed by atoms with Crippen LogP contribution in [-0.2, 0) is 16.7 Å². The second-order valence-electron chi connectivity index (χ2n) is 6.38. The predicted molar refractivity (Wildman–Crippen MR) is 76.6 cm³/mol. The Morgan fingerprint density at radius 2 is 2.00 bits per heavy atom. The number of nitrogens with one attached hydrogen (secondary N) is 1. The summed E-state index contributed by atoms with van der Waals surface area (Å²) in [5.74, 6) is 0. The van der Waals surface area contributed by atoms with Crippen molar-refractivity contribution in [1.29, 1.82) is 0 Å². The fourth-order valence-corrected chi connectivity index (χ4v) is 3.73. The highest BCUT2D eigenvalue weighted by molar-refractivity contribution is 5.86. The van der Waals surface area contributed by atoms with E-state index in [1.165, 1.54) is 10.9 Å². The molecule has 1 amide bonds. The summed E-state index contributed by atoms with van der Waals surface area (Å²) in [4.78, 5) is 17.5. The molecule has 1 aromatic heterocycles. The number of cyclic esters (lactones) is 1. The van der Waals surface area contributed by atoms with Crippen LogP contribution in [0.4, 0.5) is 4.79 Å². The Kier molecular flexibility index (Phi) is 1.99. The maximum absolute atomic E-state index is 12.1. The quantitative estimate of drug-likeness (QED) is 0.799. The zero-order valence-corrected chi connectivity index (χ0v) is 12.0. The Bertz CT molecular complexity index is 731. The Balaban J connectivity index is 2.04. The standard InChI is InChI=1S/C16H18N2O2/c1-15(2)16(3)13-11(8-9-18(16)14(19)20-15)10-6-4-5-7-12(10)17-13/h4-7,17H,8-9H2,1-3H3/t16-/m1/s1. The van der Waals surface area contributed by atoms with E-state index < -0.39 is 11.1 Å². The van der Waals surface area contributed by atoms with Crippen molar-refractivity contribution in [3.05, 3.63) is 35.5 Å². The number of nitrogens with zero attached hydrogens (tertiary/aromatic N) is 1. The molecule has 104 valence electrons. The normalized spacial score (nSPS) is 27.4. The first-order valence-corrected chi connectivity index (χ1v) is 7.06. The summed E-state index contributed by atoms with van der Waals surface area (Å²) < 4.78 is 5.62. The molecule has 20 heavy (non-hydrogen) atoms. The van der Waals surface area contributed by atoms with Gasteiger partial charge in [-0.25, -0.2) is 4.79 Å². The van der Waals surface area contributed by atoms with Crippen molar-refractivity contribution in [1.82, 2.24) is 9.88 Å². The van der Waals surface area contributed by atoms with Gasteiger partial charge in [0.2, 0.25) is 0 Å². The number of carbonyl (C=O) groups is 1. The number of carbonyl (C=O) groups excluding carboxylic acids is 1. The van der Waals surface area contributed by atoms with Gasteiger partial charge in [0.05, 0.1) is 0 Å². The van der Waals surface area contributed by atoms with E-state index in [1.54, 1.807) is 0 Å². The van der Waals surface area contributed by atoms with Gasteiger partial charge in [-0.2, -0.15) is 0 Å². The third-order valence-corrected chi connectivity index (χ3v) is 5.16. The molecule has 2 aromatic rings. The molecule has 1 aromatic carbocycles. The van der Waals surface area contributed by atoms with Crippen molar-refractivity contribution < 1.29 is 9.53 Å². The number of H-pyrrole nitrogens is 1. The van der Waals surface area contributed by atoms with E-state index in [2.05, 4.69) is 30.1 Å². The van der Waals surface area contributed by atoms with Gasteiger partial charge in [-0.15, -0.1) is 0 Å². The number of benzene rings is 1. The summed E-state index contributed by atoms with van der Waals surface area (Å²) in [5.41, 5.74) is 2.61. The van der Waals surface area contributed by atoms with E-state index in [4.69, 9.17) is 4.74 Å². The van der Waals surface area contributed by atoms with Gasteiger partial charge in [0.15, 0.2) is 0 Å². The van der Waals surface area contributed by atoms with E-state index in [9.17, 15) is 4.79 Å². The van der Waals surface area contributed by atoms with Crippen LogP contribution in [0.3, 0.4) is 0 Å². The molecule has 4 rings (SSSR count). The highest BCUT2D eigenvalue weighted by Crippen LogP contribution is 2.50. The number of aromatic amines is 1. The van der Waals surface area contributed by atoms with Gasteiger partial charge < -0.3 is 9.72 Å². The molecule has 3 heterocycles.